The molecule has 0 saturated heterocycles. The van der Waals surface area contributed by atoms with E-state index in [-0.39, 0.29) is 12.8 Å². The van der Waals surface area contributed by atoms with Crippen LogP contribution in [0.25, 0.3) is 0 Å². The summed E-state index contributed by atoms with van der Waals surface area (Å²) in [6.07, 6.45) is -0.209. The molecule has 1 rings (SSSR count). The van der Waals surface area contributed by atoms with Crippen LogP contribution in [0.2, 0.25) is 0 Å². The van der Waals surface area contributed by atoms with Crippen molar-refractivity contribution in [3.05, 3.63) is 29.6 Å². The zero-order chi connectivity index (χ0) is 15.3. The van der Waals surface area contributed by atoms with Crippen molar-refractivity contribution in [2.45, 2.75) is 12.8 Å². The van der Waals surface area contributed by atoms with Gasteiger partial charge in [0.2, 0.25) is 10.0 Å². The summed E-state index contributed by atoms with van der Waals surface area (Å²) in [4.78, 5) is 10.8. The van der Waals surface area contributed by atoms with Gasteiger partial charge in [-0.15, -0.1) is 0 Å². The van der Waals surface area contributed by atoms with Crippen LogP contribution in [0.4, 0.5) is 18.9 Å². The molecular weight excluding hydrogens is 299 g/mol. The number of rotatable bonds is 6. The van der Waals surface area contributed by atoms with E-state index >= 15 is 0 Å². The molecule has 0 unspecified atom stereocenters. The summed E-state index contributed by atoms with van der Waals surface area (Å²) >= 11 is 0. The second-order valence-electron chi connectivity index (χ2n) is 3.85. The molecular formula is C11H12F3NO4S. The lowest BCUT2D eigenvalue weighted by Gasteiger charge is -2.09. The van der Waals surface area contributed by atoms with E-state index in [1.165, 1.54) is 0 Å². The van der Waals surface area contributed by atoms with Crippen LogP contribution in [0.5, 0.6) is 0 Å². The summed E-state index contributed by atoms with van der Waals surface area (Å²) < 4.78 is 68.3. The molecule has 0 radical (unpaired) electrons. The second-order valence-corrected chi connectivity index (χ2v) is 5.69. The van der Waals surface area contributed by atoms with E-state index in [9.17, 15) is 26.4 Å². The van der Waals surface area contributed by atoms with E-state index in [4.69, 9.17) is 0 Å². The SMILES string of the molecule is COC(=O)CCCS(=O)(=O)Nc1cc(F)cc(F)c1F. The number of carbonyl (C=O) groups is 1. The van der Waals surface area contributed by atoms with Crippen LogP contribution < -0.4 is 4.72 Å². The van der Waals surface area contributed by atoms with Gasteiger partial charge in [0, 0.05) is 18.6 Å². The molecule has 0 bridgehead atoms. The third-order valence-electron chi connectivity index (χ3n) is 2.28. The quantitative estimate of drug-likeness (QED) is 0.642. The number of anilines is 1. The van der Waals surface area contributed by atoms with Crippen molar-refractivity contribution in [2.75, 3.05) is 17.6 Å². The first-order chi connectivity index (χ1) is 9.25. The molecule has 0 saturated carbocycles. The number of methoxy groups -OCH3 is 1. The van der Waals surface area contributed by atoms with Crippen molar-refractivity contribution in [3.8, 4) is 0 Å². The zero-order valence-corrected chi connectivity index (χ0v) is 11.3. The van der Waals surface area contributed by atoms with Crippen molar-refractivity contribution in [3.63, 3.8) is 0 Å². The average Bonchev–Trinajstić information content (AvgIpc) is 2.34. The lowest BCUT2D eigenvalue weighted by Crippen LogP contribution is -2.19. The van der Waals surface area contributed by atoms with Crippen LogP contribution >= 0.6 is 0 Å². The van der Waals surface area contributed by atoms with Crippen LogP contribution in [0.1, 0.15) is 12.8 Å². The minimum atomic E-state index is -4.03. The van der Waals surface area contributed by atoms with Crippen molar-refractivity contribution in [1.82, 2.24) is 0 Å². The van der Waals surface area contributed by atoms with E-state index in [0.29, 0.717) is 12.1 Å². The largest absolute Gasteiger partial charge is 0.469 e. The van der Waals surface area contributed by atoms with Gasteiger partial charge in [-0.05, 0) is 6.42 Å². The van der Waals surface area contributed by atoms with Crippen molar-refractivity contribution in [2.24, 2.45) is 0 Å². The van der Waals surface area contributed by atoms with E-state index in [1.807, 2.05) is 0 Å². The number of nitrogens with one attached hydrogen (secondary N) is 1. The molecule has 112 valence electrons. The fourth-order valence-electron chi connectivity index (χ4n) is 1.36. The van der Waals surface area contributed by atoms with Crippen LogP contribution in [0.15, 0.2) is 12.1 Å². The molecule has 0 spiro atoms. The highest BCUT2D eigenvalue weighted by Gasteiger charge is 2.17. The van der Waals surface area contributed by atoms with Crippen LogP contribution in [-0.4, -0.2) is 27.2 Å². The zero-order valence-electron chi connectivity index (χ0n) is 10.5. The van der Waals surface area contributed by atoms with Crippen LogP contribution in [0, 0.1) is 17.5 Å². The molecule has 0 heterocycles. The van der Waals surface area contributed by atoms with Gasteiger partial charge in [-0.2, -0.15) is 0 Å². The number of benzene rings is 1. The highest BCUT2D eigenvalue weighted by Crippen LogP contribution is 2.20. The predicted molar refractivity (Wildman–Crippen MR) is 65.0 cm³/mol. The number of hydrogen-bond acceptors (Lipinski definition) is 4. The van der Waals surface area contributed by atoms with Gasteiger partial charge < -0.3 is 4.74 Å². The Hall–Kier alpha value is -1.77. The molecule has 1 N–H and O–H groups in total. The molecule has 9 heteroatoms. The van der Waals surface area contributed by atoms with Gasteiger partial charge in [0.25, 0.3) is 0 Å². The highest BCUT2D eigenvalue weighted by molar-refractivity contribution is 7.92. The maximum atomic E-state index is 13.3. The smallest absolute Gasteiger partial charge is 0.305 e. The van der Waals surface area contributed by atoms with Gasteiger partial charge in [-0.3, -0.25) is 9.52 Å². The number of carbonyl (C=O) groups excluding carboxylic acids is 1. The topological polar surface area (TPSA) is 72.5 Å². The van der Waals surface area contributed by atoms with Crippen molar-refractivity contribution in [1.29, 1.82) is 0 Å². The first-order valence-corrected chi connectivity index (χ1v) is 7.12. The van der Waals surface area contributed by atoms with E-state index in [1.54, 1.807) is 4.72 Å². The number of hydrogen-bond donors (Lipinski definition) is 1. The molecule has 0 aliphatic rings. The molecule has 0 aliphatic heterocycles. The Balaban J connectivity index is 2.74. The highest BCUT2D eigenvalue weighted by atomic mass is 32.2. The third-order valence-corrected chi connectivity index (χ3v) is 3.64. The number of halogens is 3. The molecule has 1 aromatic carbocycles. The van der Waals surface area contributed by atoms with Crippen LogP contribution in [0.3, 0.4) is 0 Å². The van der Waals surface area contributed by atoms with Gasteiger partial charge >= 0.3 is 5.97 Å². The van der Waals surface area contributed by atoms with E-state index in [2.05, 4.69) is 4.74 Å². The monoisotopic (exact) mass is 311 g/mol. The second kappa shape index (κ2) is 6.60. The van der Waals surface area contributed by atoms with Gasteiger partial charge in [-0.25, -0.2) is 21.6 Å². The maximum absolute atomic E-state index is 13.3. The Morgan fingerprint density at radius 2 is 1.95 bits per heavy atom. The lowest BCUT2D eigenvalue weighted by atomic mass is 10.3. The number of esters is 1. The summed E-state index contributed by atoms with van der Waals surface area (Å²) in [5, 5.41) is 0. The first-order valence-electron chi connectivity index (χ1n) is 5.47. The van der Waals surface area contributed by atoms with Crippen molar-refractivity contribution >= 4 is 21.7 Å². The summed E-state index contributed by atoms with van der Waals surface area (Å²) in [7, 11) is -2.87. The lowest BCUT2D eigenvalue weighted by molar-refractivity contribution is -0.140. The molecule has 1 aromatic rings. The minimum absolute atomic E-state index is 0.0680. The summed E-state index contributed by atoms with van der Waals surface area (Å²) in [5.74, 6) is -5.22. The Morgan fingerprint density at radius 1 is 1.30 bits per heavy atom. The van der Waals surface area contributed by atoms with Gasteiger partial charge in [-0.1, -0.05) is 0 Å². The predicted octanol–water partition coefficient (Wildman–Crippen LogP) is 1.80. The van der Waals surface area contributed by atoms with Crippen molar-refractivity contribution < 1.29 is 31.1 Å². The summed E-state index contributed by atoms with van der Waals surface area (Å²) in [6, 6.07) is 0.820. The van der Waals surface area contributed by atoms with Gasteiger partial charge in [0.05, 0.1) is 18.6 Å². The molecule has 0 atom stereocenters. The normalized spacial score (nSPS) is 11.2. The first kappa shape index (κ1) is 16.3. The fourth-order valence-corrected chi connectivity index (χ4v) is 2.47. The molecule has 5 nitrogen and oxygen atoms in total. The Bertz CT molecular complexity index is 604. The van der Waals surface area contributed by atoms with E-state index in [0.717, 1.165) is 7.11 Å². The number of sulfonamides is 1. The summed E-state index contributed by atoms with van der Waals surface area (Å²) in [6.45, 7) is 0. The Labute approximate surface area is 113 Å². The summed E-state index contributed by atoms with van der Waals surface area (Å²) in [5.41, 5.74) is -0.819. The van der Waals surface area contributed by atoms with Gasteiger partial charge in [0.1, 0.15) is 5.82 Å². The van der Waals surface area contributed by atoms with E-state index < -0.39 is 44.9 Å². The molecule has 0 aromatic heterocycles. The standard InChI is InChI=1S/C11H12F3NO4S/c1-19-10(16)3-2-4-20(17,18)15-9-6-7(12)5-8(13)11(9)14/h5-6,15H,2-4H2,1H3. The number of ether oxygens (including phenoxy) is 1. The third kappa shape index (κ3) is 4.72. The molecule has 0 fully saturated rings. The maximum Gasteiger partial charge on any atom is 0.305 e. The Morgan fingerprint density at radius 3 is 2.55 bits per heavy atom. The average molecular weight is 311 g/mol. The molecule has 0 aliphatic carbocycles. The molecule has 20 heavy (non-hydrogen) atoms. The van der Waals surface area contributed by atoms with Crippen LogP contribution in [-0.2, 0) is 19.6 Å². The Kier molecular flexibility index (Phi) is 5.37. The minimum Gasteiger partial charge on any atom is -0.469 e. The fraction of sp³-hybridized carbons (Fsp3) is 0.364. The van der Waals surface area contributed by atoms with Gasteiger partial charge in [0.15, 0.2) is 11.6 Å². The molecule has 0 amide bonds.